The standard InChI is InChI=1S/C18H29N3S.HI/c1-18(2,12-15-8-5-4-6-9-15)14-20-17(19-3)21-16-10-7-11-22-13-16;/h4-6,8-9,16H,7,10-14H2,1-3H3,(H2,19,20,21);1H. The number of hydrogen-bond acceptors (Lipinski definition) is 2. The molecule has 23 heavy (non-hydrogen) atoms. The summed E-state index contributed by atoms with van der Waals surface area (Å²) < 4.78 is 0. The predicted molar refractivity (Wildman–Crippen MR) is 114 cm³/mol. The number of nitrogens with zero attached hydrogens (tertiary/aromatic N) is 1. The van der Waals surface area contributed by atoms with Crippen LogP contribution in [0, 0.1) is 5.41 Å². The average molecular weight is 447 g/mol. The molecule has 0 bridgehead atoms. The number of halogens is 1. The molecule has 0 aromatic heterocycles. The second kappa shape index (κ2) is 10.4. The molecule has 1 aromatic rings. The molecule has 0 radical (unpaired) electrons. The van der Waals surface area contributed by atoms with E-state index in [-0.39, 0.29) is 29.4 Å². The van der Waals surface area contributed by atoms with E-state index in [0.29, 0.717) is 6.04 Å². The minimum absolute atomic E-state index is 0. The van der Waals surface area contributed by atoms with E-state index in [4.69, 9.17) is 0 Å². The highest BCUT2D eigenvalue weighted by molar-refractivity contribution is 14.0. The summed E-state index contributed by atoms with van der Waals surface area (Å²) in [7, 11) is 1.86. The largest absolute Gasteiger partial charge is 0.356 e. The molecule has 2 N–H and O–H groups in total. The van der Waals surface area contributed by atoms with Gasteiger partial charge in [-0.2, -0.15) is 11.8 Å². The zero-order valence-corrected chi connectivity index (χ0v) is 17.6. The van der Waals surface area contributed by atoms with Crippen molar-refractivity contribution in [1.29, 1.82) is 0 Å². The summed E-state index contributed by atoms with van der Waals surface area (Å²) in [4.78, 5) is 4.38. The minimum atomic E-state index is 0. The van der Waals surface area contributed by atoms with Crippen LogP contribution in [0.1, 0.15) is 32.3 Å². The number of hydrogen-bond donors (Lipinski definition) is 2. The van der Waals surface area contributed by atoms with E-state index in [0.717, 1.165) is 18.9 Å². The number of benzene rings is 1. The summed E-state index contributed by atoms with van der Waals surface area (Å²) >= 11 is 2.04. The molecule has 3 nitrogen and oxygen atoms in total. The Morgan fingerprint density at radius 3 is 2.65 bits per heavy atom. The Morgan fingerprint density at radius 2 is 2.04 bits per heavy atom. The van der Waals surface area contributed by atoms with Crippen molar-refractivity contribution < 1.29 is 0 Å². The Kier molecular flexibility index (Phi) is 9.36. The van der Waals surface area contributed by atoms with Gasteiger partial charge < -0.3 is 10.6 Å². The maximum Gasteiger partial charge on any atom is 0.191 e. The van der Waals surface area contributed by atoms with Crippen LogP contribution in [0.2, 0.25) is 0 Å². The SMILES string of the molecule is CN=C(NCC(C)(C)Cc1ccccc1)NC1CCCSC1.I. The second-order valence-corrected chi connectivity index (χ2v) is 7.96. The average Bonchev–Trinajstić information content (AvgIpc) is 2.53. The van der Waals surface area contributed by atoms with Gasteiger partial charge in [0.15, 0.2) is 5.96 Å². The second-order valence-electron chi connectivity index (χ2n) is 6.81. The smallest absolute Gasteiger partial charge is 0.191 e. The molecule has 1 aliphatic heterocycles. The summed E-state index contributed by atoms with van der Waals surface area (Å²) in [5.41, 5.74) is 1.58. The molecule has 0 aliphatic carbocycles. The molecule has 5 heteroatoms. The van der Waals surface area contributed by atoms with Gasteiger partial charge in [0.05, 0.1) is 0 Å². The Balaban J connectivity index is 0.00000264. The van der Waals surface area contributed by atoms with Crippen molar-refractivity contribution in [3.05, 3.63) is 35.9 Å². The summed E-state index contributed by atoms with van der Waals surface area (Å²) in [5.74, 6) is 3.43. The quantitative estimate of drug-likeness (QED) is 0.408. The van der Waals surface area contributed by atoms with Crippen molar-refractivity contribution in [2.75, 3.05) is 25.1 Å². The van der Waals surface area contributed by atoms with Gasteiger partial charge in [-0.05, 0) is 36.0 Å². The van der Waals surface area contributed by atoms with Gasteiger partial charge in [-0.25, -0.2) is 0 Å². The van der Waals surface area contributed by atoms with E-state index in [1.807, 2.05) is 18.8 Å². The van der Waals surface area contributed by atoms with E-state index < -0.39 is 0 Å². The molecule has 1 saturated heterocycles. The van der Waals surface area contributed by atoms with Gasteiger partial charge in [0.25, 0.3) is 0 Å². The highest BCUT2D eigenvalue weighted by Gasteiger charge is 2.20. The molecule has 1 atom stereocenters. The van der Waals surface area contributed by atoms with Gasteiger partial charge in [0.2, 0.25) is 0 Å². The molecule has 1 fully saturated rings. The molecule has 0 saturated carbocycles. The van der Waals surface area contributed by atoms with Gasteiger partial charge in [0, 0.05) is 25.4 Å². The normalized spacial score (nSPS) is 18.9. The van der Waals surface area contributed by atoms with Crippen molar-refractivity contribution in [2.24, 2.45) is 10.4 Å². The van der Waals surface area contributed by atoms with Crippen molar-refractivity contribution in [3.8, 4) is 0 Å². The van der Waals surface area contributed by atoms with Crippen LogP contribution in [0.15, 0.2) is 35.3 Å². The van der Waals surface area contributed by atoms with Crippen molar-refractivity contribution in [3.63, 3.8) is 0 Å². The molecule has 2 rings (SSSR count). The third-order valence-corrected chi connectivity index (χ3v) is 5.20. The van der Waals surface area contributed by atoms with E-state index in [2.05, 4.69) is 59.8 Å². The summed E-state index contributed by atoms with van der Waals surface area (Å²) in [6.45, 7) is 5.52. The Morgan fingerprint density at radius 1 is 1.30 bits per heavy atom. The lowest BCUT2D eigenvalue weighted by molar-refractivity contribution is 0.358. The first-order valence-electron chi connectivity index (χ1n) is 8.18. The fraction of sp³-hybridized carbons (Fsp3) is 0.611. The molecule has 1 unspecified atom stereocenters. The summed E-state index contributed by atoms with van der Waals surface area (Å²) in [6.07, 6.45) is 3.62. The number of thioether (sulfide) groups is 1. The third-order valence-electron chi connectivity index (χ3n) is 3.98. The first kappa shape index (κ1) is 20.6. The Hall–Kier alpha value is -0.430. The van der Waals surface area contributed by atoms with E-state index >= 15 is 0 Å². The zero-order chi connectivity index (χ0) is 15.8. The van der Waals surface area contributed by atoms with Gasteiger partial charge >= 0.3 is 0 Å². The Labute approximate surface area is 162 Å². The van der Waals surface area contributed by atoms with Crippen LogP contribution in [0.4, 0.5) is 0 Å². The lowest BCUT2D eigenvalue weighted by Gasteiger charge is -2.29. The van der Waals surface area contributed by atoms with Crippen molar-refractivity contribution in [2.45, 2.75) is 39.2 Å². The minimum Gasteiger partial charge on any atom is -0.356 e. The van der Waals surface area contributed by atoms with Gasteiger partial charge in [-0.15, -0.1) is 24.0 Å². The molecule has 1 aromatic carbocycles. The summed E-state index contributed by atoms with van der Waals surface area (Å²) in [5, 5.41) is 7.07. The predicted octanol–water partition coefficient (Wildman–Crippen LogP) is 3.93. The first-order chi connectivity index (χ1) is 10.6. The lowest BCUT2D eigenvalue weighted by Crippen LogP contribution is -2.48. The fourth-order valence-corrected chi connectivity index (χ4v) is 3.85. The fourth-order valence-electron chi connectivity index (χ4n) is 2.78. The maximum atomic E-state index is 4.38. The van der Waals surface area contributed by atoms with Crippen LogP contribution < -0.4 is 10.6 Å². The summed E-state index contributed by atoms with van der Waals surface area (Å²) in [6, 6.07) is 11.3. The van der Waals surface area contributed by atoms with E-state index in [1.54, 1.807) is 0 Å². The van der Waals surface area contributed by atoms with Crippen molar-refractivity contribution >= 4 is 41.7 Å². The van der Waals surface area contributed by atoms with Crippen LogP contribution in [-0.4, -0.2) is 37.1 Å². The van der Waals surface area contributed by atoms with Crippen LogP contribution in [-0.2, 0) is 6.42 Å². The van der Waals surface area contributed by atoms with Crippen LogP contribution in [0.5, 0.6) is 0 Å². The van der Waals surface area contributed by atoms with Gasteiger partial charge in [-0.1, -0.05) is 44.2 Å². The molecule has 1 heterocycles. The van der Waals surface area contributed by atoms with Crippen LogP contribution >= 0.6 is 35.7 Å². The number of aliphatic imine (C=N–C) groups is 1. The van der Waals surface area contributed by atoms with E-state index in [1.165, 1.54) is 29.9 Å². The van der Waals surface area contributed by atoms with Crippen LogP contribution in [0.3, 0.4) is 0 Å². The van der Waals surface area contributed by atoms with Gasteiger partial charge in [0.1, 0.15) is 0 Å². The maximum absolute atomic E-state index is 4.38. The monoisotopic (exact) mass is 447 g/mol. The molecule has 130 valence electrons. The highest BCUT2D eigenvalue weighted by Crippen LogP contribution is 2.21. The number of guanidine groups is 1. The van der Waals surface area contributed by atoms with E-state index in [9.17, 15) is 0 Å². The zero-order valence-electron chi connectivity index (χ0n) is 14.5. The first-order valence-corrected chi connectivity index (χ1v) is 9.33. The molecule has 0 spiro atoms. The topological polar surface area (TPSA) is 36.4 Å². The third kappa shape index (κ3) is 7.79. The van der Waals surface area contributed by atoms with Gasteiger partial charge in [-0.3, -0.25) is 4.99 Å². The lowest BCUT2D eigenvalue weighted by atomic mass is 9.86. The number of rotatable bonds is 5. The Bertz CT molecular complexity index is 470. The molecular weight excluding hydrogens is 417 g/mol. The molecular formula is C18H30IN3S. The highest BCUT2D eigenvalue weighted by atomic mass is 127. The molecule has 0 amide bonds. The van der Waals surface area contributed by atoms with Crippen molar-refractivity contribution in [1.82, 2.24) is 10.6 Å². The molecule has 1 aliphatic rings. The number of nitrogens with one attached hydrogen (secondary N) is 2. The van der Waals surface area contributed by atoms with Crippen LogP contribution in [0.25, 0.3) is 0 Å².